The van der Waals surface area contributed by atoms with E-state index in [0.717, 1.165) is 11.9 Å². The molecule has 1 rings (SSSR count). The number of hydrogen-bond donors (Lipinski definition) is 0. The monoisotopic (exact) mass is 256 g/mol. The molecule has 0 fully saturated rings. The standard InChI is InChI=1S/C12H17BrO/c1-10(8-13)9-14-11(2)12-6-4-3-5-7-12/h3-7,10-11H,8-9H2,1-2H3. The molecule has 0 bridgehead atoms. The summed E-state index contributed by atoms with van der Waals surface area (Å²) in [6.45, 7) is 5.07. The minimum Gasteiger partial charge on any atom is -0.374 e. The van der Waals surface area contributed by atoms with E-state index in [2.05, 4.69) is 41.9 Å². The number of hydrogen-bond acceptors (Lipinski definition) is 1. The van der Waals surface area contributed by atoms with E-state index in [0.29, 0.717) is 5.92 Å². The third-order valence-electron chi connectivity index (χ3n) is 2.16. The third kappa shape index (κ3) is 3.81. The molecule has 78 valence electrons. The van der Waals surface area contributed by atoms with Gasteiger partial charge in [0.2, 0.25) is 0 Å². The third-order valence-corrected chi connectivity index (χ3v) is 3.27. The Balaban J connectivity index is 2.39. The van der Waals surface area contributed by atoms with Crippen LogP contribution in [0.5, 0.6) is 0 Å². The molecule has 0 aliphatic heterocycles. The van der Waals surface area contributed by atoms with Gasteiger partial charge in [-0.3, -0.25) is 0 Å². The highest BCUT2D eigenvalue weighted by Gasteiger charge is 2.06. The van der Waals surface area contributed by atoms with Crippen LogP contribution in [0, 0.1) is 5.92 Å². The first-order chi connectivity index (χ1) is 6.74. The fraction of sp³-hybridized carbons (Fsp3) is 0.500. The largest absolute Gasteiger partial charge is 0.374 e. The fourth-order valence-electron chi connectivity index (χ4n) is 1.17. The zero-order chi connectivity index (χ0) is 10.4. The molecule has 0 amide bonds. The molecule has 2 atom stereocenters. The van der Waals surface area contributed by atoms with Crippen molar-refractivity contribution in [3.05, 3.63) is 35.9 Å². The lowest BCUT2D eigenvalue weighted by Gasteiger charge is -2.15. The molecule has 0 radical (unpaired) electrons. The highest BCUT2D eigenvalue weighted by molar-refractivity contribution is 9.09. The summed E-state index contributed by atoms with van der Waals surface area (Å²) in [7, 11) is 0. The predicted molar refractivity (Wildman–Crippen MR) is 63.8 cm³/mol. The van der Waals surface area contributed by atoms with E-state index in [1.165, 1.54) is 5.56 Å². The Kier molecular flexibility index (Phi) is 5.20. The van der Waals surface area contributed by atoms with Gasteiger partial charge in [-0.15, -0.1) is 0 Å². The van der Waals surface area contributed by atoms with Crippen LogP contribution in [0.25, 0.3) is 0 Å². The molecule has 1 aromatic rings. The lowest BCUT2D eigenvalue weighted by molar-refractivity contribution is 0.0481. The molecular weight excluding hydrogens is 240 g/mol. The van der Waals surface area contributed by atoms with Gasteiger partial charge in [0.1, 0.15) is 0 Å². The summed E-state index contributed by atoms with van der Waals surface area (Å²) in [5.74, 6) is 0.571. The van der Waals surface area contributed by atoms with Crippen LogP contribution >= 0.6 is 15.9 Å². The minimum absolute atomic E-state index is 0.192. The van der Waals surface area contributed by atoms with Gasteiger partial charge in [-0.05, 0) is 18.4 Å². The average molecular weight is 257 g/mol. The highest BCUT2D eigenvalue weighted by atomic mass is 79.9. The Bertz CT molecular complexity index is 248. The Morgan fingerprint density at radius 3 is 2.43 bits per heavy atom. The van der Waals surface area contributed by atoms with Crippen molar-refractivity contribution in [2.24, 2.45) is 5.92 Å². The van der Waals surface area contributed by atoms with Gasteiger partial charge < -0.3 is 4.74 Å². The van der Waals surface area contributed by atoms with Crippen molar-refractivity contribution < 1.29 is 4.74 Å². The molecule has 0 aliphatic rings. The lowest BCUT2D eigenvalue weighted by Crippen LogP contribution is -2.09. The van der Waals surface area contributed by atoms with E-state index in [1.807, 2.05) is 18.2 Å². The maximum Gasteiger partial charge on any atom is 0.0796 e. The van der Waals surface area contributed by atoms with E-state index < -0.39 is 0 Å². The Morgan fingerprint density at radius 2 is 1.86 bits per heavy atom. The van der Waals surface area contributed by atoms with Crippen molar-refractivity contribution in [1.82, 2.24) is 0 Å². The van der Waals surface area contributed by atoms with E-state index >= 15 is 0 Å². The van der Waals surface area contributed by atoms with Crippen molar-refractivity contribution in [2.75, 3.05) is 11.9 Å². The van der Waals surface area contributed by atoms with Crippen LogP contribution in [0.4, 0.5) is 0 Å². The van der Waals surface area contributed by atoms with E-state index in [-0.39, 0.29) is 6.10 Å². The van der Waals surface area contributed by atoms with Crippen LogP contribution in [-0.2, 0) is 4.74 Å². The first kappa shape index (κ1) is 11.7. The van der Waals surface area contributed by atoms with Crippen LogP contribution in [0.2, 0.25) is 0 Å². The molecular formula is C12H17BrO. The van der Waals surface area contributed by atoms with Crippen molar-refractivity contribution in [3.63, 3.8) is 0 Å². The summed E-state index contributed by atoms with van der Waals surface area (Å²) < 4.78 is 5.75. The smallest absolute Gasteiger partial charge is 0.0796 e. The summed E-state index contributed by atoms with van der Waals surface area (Å²) in [5, 5.41) is 0.995. The summed E-state index contributed by atoms with van der Waals surface area (Å²) in [5.41, 5.74) is 1.24. The molecule has 0 aliphatic carbocycles. The quantitative estimate of drug-likeness (QED) is 0.729. The summed E-state index contributed by atoms with van der Waals surface area (Å²) >= 11 is 3.44. The van der Waals surface area contributed by atoms with E-state index in [9.17, 15) is 0 Å². The van der Waals surface area contributed by atoms with Gasteiger partial charge in [0.15, 0.2) is 0 Å². The van der Waals surface area contributed by atoms with Crippen molar-refractivity contribution in [2.45, 2.75) is 20.0 Å². The molecule has 0 saturated carbocycles. The molecule has 0 spiro atoms. The number of halogens is 1. The van der Waals surface area contributed by atoms with E-state index in [4.69, 9.17) is 4.74 Å². The van der Waals surface area contributed by atoms with Crippen LogP contribution < -0.4 is 0 Å². The number of alkyl halides is 1. The zero-order valence-corrected chi connectivity index (χ0v) is 10.3. The van der Waals surface area contributed by atoms with Gasteiger partial charge in [-0.2, -0.15) is 0 Å². The van der Waals surface area contributed by atoms with E-state index in [1.54, 1.807) is 0 Å². The first-order valence-corrected chi connectivity index (χ1v) is 6.08. The van der Waals surface area contributed by atoms with Crippen molar-refractivity contribution in [1.29, 1.82) is 0 Å². The maximum absolute atomic E-state index is 5.75. The molecule has 1 aromatic carbocycles. The minimum atomic E-state index is 0.192. The van der Waals surface area contributed by atoms with Gasteiger partial charge in [0.05, 0.1) is 12.7 Å². The number of rotatable bonds is 5. The normalized spacial score (nSPS) is 15.1. The van der Waals surface area contributed by atoms with Gasteiger partial charge >= 0.3 is 0 Å². The fourth-order valence-corrected chi connectivity index (χ4v) is 1.36. The number of benzene rings is 1. The average Bonchev–Trinajstić information content (AvgIpc) is 2.26. The van der Waals surface area contributed by atoms with Gasteiger partial charge in [-0.1, -0.05) is 53.2 Å². The highest BCUT2D eigenvalue weighted by Crippen LogP contribution is 2.17. The first-order valence-electron chi connectivity index (χ1n) is 4.96. The topological polar surface area (TPSA) is 9.23 Å². The second kappa shape index (κ2) is 6.20. The Hall–Kier alpha value is -0.340. The molecule has 0 heterocycles. The number of ether oxygens (including phenoxy) is 1. The van der Waals surface area contributed by atoms with Crippen LogP contribution in [0.15, 0.2) is 30.3 Å². The van der Waals surface area contributed by atoms with Crippen LogP contribution in [-0.4, -0.2) is 11.9 Å². The van der Waals surface area contributed by atoms with Crippen molar-refractivity contribution in [3.8, 4) is 0 Å². The Labute approximate surface area is 94.6 Å². The maximum atomic E-state index is 5.75. The molecule has 2 unspecified atom stereocenters. The second-order valence-corrected chi connectivity index (χ2v) is 4.29. The molecule has 1 nitrogen and oxygen atoms in total. The van der Waals surface area contributed by atoms with Crippen LogP contribution in [0.1, 0.15) is 25.5 Å². The predicted octanol–water partition coefficient (Wildman–Crippen LogP) is 3.80. The molecule has 0 N–H and O–H groups in total. The van der Waals surface area contributed by atoms with Gasteiger partial charge in [-0.25, -0.2) is 0 Å². The van der Waals surface area contributed by atoms with Crippen molar-refractivity contribution >= 4 is 15.9 Å². The molecule has 0 saturated heterocycles. The SMILES string of the molecule is CC(CBr)COC(C)c1ccccc1. The van der Waals surface area contributed by atoms with Gasteiger partial charge in [0.25, 0.3) is 0 Å². The molecule has 2 heteroatoms. The summed E-state index contributed by atoms with van der Waals surface area (Å²) in [6.07, 6.45) is 0.192. The molecule has 0 aromatic heterocycles. The second-order valence-electron chi connectivity index (χ2n) is 3.65. The molecule has 14 heavy (non-hydrogen) atoms. The van der Waals surface area contributed by atoms with Crippen LogP contribution in [0.3, 0.4) is 0 Å². The Morgan fingerprint density at radius 1 is 1.21 bits per heavy atom. The lowest BCUT2D eigenvalue weighted by atomic mass is 10.1. The zero-order valence-electron chi connectivity index (χ0n) is 8.74. The summed E-state index contributed by atoms with van der Waals surface area (Å²) in [4.78, 5) is 0. The summed E-state index contributed by atoms with van der Waals surface area (Å²) in [6, 6.07) is 10.3. The van der Waals surface area contributed by atoms with Gasteiger partial charge in [0, 0.05) is 5.33 Å².